The van der Waals surface area contributed by atoms with E-state index in [1.54, 1.807) is 24.1 Å². The minimum atomic E-state index is -0.0343. The maximum atomic E-state index is 12.3. The molecule has 0 bridgehead atoms. The van der Waals surface area contributed by atoms with Crippen molar-refractivity contribution in [3.05, 3.63) is 22.2 Å². The predicted octanol–water partition coefficient (Wildman–Crippen LogP) is 1.93. The lowest BCUT2D eigenvalue weighted by Gasteiger charge is -2.22. The molecular weight excluding hydrogens is 348 g/mol. The fourth-order valence-corrected chi connectivity index (χ4v) is 2.39. The van der Waals surface area contributed by atoms with Crippen molar-refractivity contribution >= 4 is 34.2 Å². The Morgan fingerprint density at radius 3 is 2.80 bits per heavy atom. The summed E-state index contributed by atoms with van der Waals surface area (Å²) in [5.41, 5.74) is 0.592. The number of nitrogens with zero attached hydrogens (tertiary/aromatic N) is 1. The van der Waals surface area contributed by atoms with Gasteiger partial charge < -0.3 is 19.7 Å². The highest BCUT2D eigenvalue weighted by Crippen LogP contribution is 2.38. The molecule has 1 aliphatic heterocycles. The molecule has 0 saturated carbocycles. The molecule has 0 spiro atoms. The molecule has 1 amide bonds. The fraction of sp³-hybridized carbons (Fsp3) is 0.462. The van der Waals surface area contributed by atoms with Gasteiger partial charge in [0.2, 0.25) is 0 Å². The van der Waals surface area contributed by atoms with E-state index in [1.165, 1.54) is 0 Å². The number of fused-ring (bicyclic) bond motifs is 1. The number of amides is 1. The zero-order valence-electron chi connectivity index (χ0n) is 11.4. The van der Waals surface area contributed by atoms with Crippen LogP contribution in [0, 0.1) is 0 Å². The van der Waals surface area contributed by atoms with E-state index in [4.69, 9.17) is 9.47 Å². The second-order valence-electron chi connectivity index (χ2n) is 4.31. The predicted molar refractivity (Wildman–Crippen MR) is 83.3 cm³/mol. The first-order valence-corrected chi connectivity index (χ1v) is 6.92. The minimum absolute atomic E-state index is 0. The minimum Gasteiger partial charge on any atom is -0.486 e. The number of carbonyl (C=O) groups is 1. The molecule has 0 atom stereocenters. The average Bonchev–Trinajstić information content (AvgIpc) is 2.43. The number of hydrogen-bond acceptors (Lipinski definition) is 4. The topological polar surface area (TPSA) is 50.8 Å². The van der Waals surface area contributed by atoms with Crippen LogP contribution in [0.15, 0.2) is 16.6 Å². The molecule has 1 heterocycles. The van der Waals surface area contributed by atoms with E-state index in [9.17, 15) is 4.79 Å². The van der Waals surface area contributed by atoms with E-state index in [1.807, 2.05) is 7.05 Å². The molecule has 20 heavy (non-hydrogen) atoms. The molecule has 1 aromatic rings. The molecular formula is C13H18BrClN2O3. The van der Waals surface area contributed by atoms with Crippen LogP contribution < -0.4 is 14.8 Å². The zero-order chi connectivity index (χ0) is 13.8. The lowest BCUT2D eigenvalue weighted by Crippen LogP contribution is -2.32. The van der Waals surface area contributed by atoms with Crippen molar-refractivity contribution in [2.45, 2.75) is 0 Å². The maximum Gasteiger partial charge on any atom is 0.253 e. The second kappa shape index (κ2) is 7.71. The highest BCUT2D eigenvalue weighted by molar-refractivity contribution is 9.10. The number of rotatable bonds is 4. The van der Waals surface area contributed by atoms with Crippen molar-refractivity contribution in [3.8, 4) is 11.5 Å². The molecule has 0 radical (unpaired) electrons. The summed E-state index contributed by atoms with van der Waals surface area (Å²) in [4.78, 5) is 13.9. The van der Waals surface area contributed by atoms with Gasteiger partial charge in [-0.2, -0.15) is 0 Å². The second-order valence-corrected chi connectivity index (χ2v) is 5.17. The van der Waals surface area contributed by atoms with Gasteiger partial charge >= 0.3 is 0 Å². The molecule has 112 valence electrons. The van der Waals surface area contributed by atoms with Crippen LogP contribution >= 0.6 is 28.3 Å². The Kier molecular flexibility index (Phi) is 6.58. The Labute approximate surface area is 133 Å². The number of likely N-dealkylation sites (N-methyl/N-ethyl adjacent to an activating group) is 2. The van der Waals surface area contributed by atoms with Crippen LogP contribution in [0.1, 0.15) is 10.4 Å². The van der Waals surface area contributed by atoms with Crippen molar-refractivity contribution < 1.29 is 14.3 Å². The molecule has 0 aliphatic carbocycles. The molecule has 0 fully saturated rings. The normalized spacial score (nSPS) is 12.6. The van der Waals surface area contributed by atoms with E-state index in [2.05, 4.69) is 21.2 Å². The smallest absolute Gasteiger partial charge is 0.253 e. The third-order valence-electron chi connectivity index (χ3n) is 2.89. The van der Waals surface area contributed by atoms with Crippen molar-refractivity contribution in [3.63, 3.8) is 0 Å². The summed E-state index contributed by atoms with van der Waals surface area (Å²) in [5.74, 6) is 1.25. The first kappa shape index (κ1) is 17.1. The zero-order valence-corrected chi connectivity index (χ0v) is 13.8. The first-order valence-electron chi connectivity index (χ1n) is 6.12. The van der Waals surface area contributed by atoms with Gasteiger partial charge in [-0.15, -0.1) is 12.4 Å². The highest BCUT2D eigenvalue weighted by atomic mass is 79.9. The highest BCUT2D eigenvalue weighted by Gasteiger charge is 2.20. The number of benzene rings is 1. The summed E-state index contributed by atoms with van der Waals surface area (Å²) in [6, 6.07) is 3.50. The molecule has 0 unspecified atom stereocenters. The summed E-state index contributed by atoms with van der Waals surface area (Å²) in [6.45, 7) is 2.45. The van der Waals surface area contributed by atoms with E-state index in [-0.39, 0.29) is 18.3 Å². The van der Waals surface area contributed by atoms with Crippen molar-refractivity contribution in [2.75, 3.05) is 40.4 Å². The van der Waals surface area contributed by atoms with Crippen LogP contribution in [0.4, 0.5) is 0 Å². The summed E-state index contributed by atoms with van der Waals surface area (Å²) >= 11 is 3.41. The van der Waals surface area contributed by atoms with Gasteiger partial charge in [0.15, 0.2) is 11.5 Å². The first-order chi connectivity index (χ1) is 9.13. The van der Waals surface area contributed by atoms with Gasteiger partial charge in [0.05, 0.1) is 4.47 Å². The van der Waals surface area contributed by atoms with Gasteiger partial charge in [-0.05, 0) is 35.1 Å². The Balaban J connectivity index is 0.00000200. The largest absolute Gasteiger partial charge is 0.486 e. The number of hydrogen-bond donors (Lipinski definition) is 1. The molecule has 1 aliphatic rings. The third kappa shape index (κ3) is 3.77. The molecule has 0 aromatic heterocycles. The number of carbonyl (C=O) groups excluding carboxylic acids is 1. The van der Waals surface area contributed by atoms with Gasteiger partial charge in [0, 0.05) is 25.7 Å². The van der Waals surface area contributed by atoms with Crippen LogP contribution in [-0.4, -0.2) is 51.2 Å². The summed E-state index contributed by atoms with van der Waals surface area (Å²) in [5, 5.41) is 3.02. The van der Waals surface area contributed by atoms with Crippen molar-refractivity contribution in [2.24, 2.45) is 0 Å². The SMILES string of the molecule is CNCCN(C)C(=O)c1cc(Br)c2c(c1)OCCO2.Cl. The fourth-order valence-electron chi connectivity index (χ4n) is 1.84. The average molecular weight is 366 g/mol. The van der Waals surface area contributed by atoms with Crippen molar-refractivity contribution in [1.29, 1.82) is 0 Å². The van der Waals surface area contributed by atoms with Gasteiger partial charge in [0.1, 0.15) is 13.2 Å². The quantitative estimate of drug-likeness (QED) is 0.886. The van der Waals surface area contributed by atoms with Gasteiger partial charge in [-0.25, -0.2) is 0 Å². The van der Waals surface area contributed by atoms with E-state index >= 15 is 0 Å². The summed E-state index contributed by atoms with van der Waals surface area (Å²) < 4.78 is 11.8. The van der Waals surface area contributed by atoms with Crippen LogP contribution in [0.25, 0.3) is 0 Å². The Morgan fingerprint density at radius 1 is 1.40 bits per heavy atom. The summed E-state index contributed by atoms with van der Waals surface area (Å²) in [7, 11) is 3.64. The van der Waals surface area contributed by atoms with E-state index in [0.717, 1.165) is 11.0 Å². The number of nitrogens with one attached hydrogen (secondary N) is 1. The third-order valence-corrected chi connectivity index (χ3v) is 3.48. The molecule has 5 nitrogen and oxygen atoms in total. The molecule has 7 heteroatoms. The van der Waals surface area contributed by atoms with Gasteiger partial charge in [-0.1, -0.05) is 0 Å². The standard InChI is InChI=1S/C13H17BrN2O3.ClH/c1-15-3-4-16(2)13(17)9-7-10(14)12-11(8-9)18-5-6-19-12;/h7-8,15H,3-6H2,1-2H3;1H. The van der Waals surface area contributed by atoms with Gasteiger partial charge in [-0.3, -0.25) is 4.79 Å². The molecule has 0 saturated heterocycles. The lowest BCUT2D eigenvalue weighted by molar-refractivity contribution is 0.0795. The van der Waals surface area contributed by atoms with Crippen LogP contribution in [0.2, 0.25) is 0 Å². The number of ether oxygens (including phenoxy) is 2. The lowest BCUT2D eigenvalue weighted by atomic mass is 10.1. The van der Waals surface area contributed by atoms with Gasteiger partial charge in [0.25, 0.3) is 5.91 Å². The van der Waals surface area contributed by atoms with Crippen LogP contribution in [0.3, 0.4) is 0 Å². The van der Waals surface area contributed by atoms with Crippen LogP contribution in [-0.2, 0) is 0 Å². The van der Waals surface area contributed by atoms with E-state index in [0.29, 0.717) is 36.8 Å². The Bertz CT molecular complexity index is 485. The Morgan fingerprint density at radius 2 is 2.10 bits per heavy atom. The van der Waals surface area contributed by atoms with Crippen molar-refractivity contribution in [1.82, 2.24) is 10.2 Å². The molecule has 1 N–H and O–H groups in total. The van der Waals surface area contributed by atoms with Crippen LogP contribution in [0.5, 0.6) is 11.5 Å². The number of halogens is 2. The Hall–Kier alpha value is -0.980. The molecule has 1 aromatic carbocycles. The summed E-state index contributed by atoms with van der Waals surface area (Å²) in [6.07, 6.45) is 0. The monoisotopic (exact) mass is 364 g/mol. The maximum absolute atomic E-state index is 12.3. The van der Waals surface area contributed by atoms with E-state index < -0.39 is 0 Å². The molecule has 2 rings (SSSR count).